The lowest BCUT2D eigenvalue weighted by molar-refractivity contribution is 0.658. The number of hydrogen-bond acceptors (Lipinski definition) is 3. The van der Waals surface area contributed by atoms with Crippen LogP contribution in [0, 0.1) is 11.3 Å². The van der Waals surface area contributed by atoms with Crippen LogP contribution in [-0.2, 0) is 0 Å². The average Bonchev–Trinajstić information content (AvgIpc) is 2.30. The molecule has 2 rings (SSSR count). The summed E-state index contributed by atoms with van der Waals surface area (Å²) in [5.41, 5.74) is 1.94. The third kappa shape index (κ3) is 1.91. The van der Waals surface area contributed by atoms with Gasteiger partial charge in [0, 0.05) is 18.1 Å². The zero-order valence-corrected chi connectivity index (χ0v) is 8.76. The van der Waals surface area contributed by atoms with Crippen LogP contribution in [0.2, 0.25) is 0 Å². The van der Waals surface area contributed by atoms with Gasteiger partial charge in [0.25, 0.3) is 0 Å². The van der Waals surface area contributed by atoms with Gasteiger partial charge in [-0.3, -0.25) is 4.98 Å². The van der Waals surface area contributed by atoms with Crippen molar-refractivity contribution >= 4 is 11.8 Å². The molecule has 1 aliphatic rings. The minimum Gasteiger partial charge on any atom is -0.263 e. The third-order valence-corrected chi connectivity index (χ3v) is 3.79. The Morgan fingerprint density at radius 1 is 1.57 bits per heavy atom. The first-order chi connectivity index (χ1) is 6.92. The van der Waals surface area contributed by atoms with Gasteiger partial charge in [-0.25, -0.2) is 0 Å². The van der Waals surface area contributed by atoms with Crippen molar-refractivity contribution in [3.05, 3.63) is 29.6 Å². The smallest absolute Gasteiger partial charge is 0.101 e. The number of rotatable bonds is 1. The van der Waals surface area contributed by atoms with Crippen molar-refractivity contribution in [3.63, 3.8) is 0 Å². The fraction of sp³-hybridized carbons (Fsp3) is 0.455. The number of nitriles is 1. The predicted molar refractivity (Wildman–Crippen MR) is 58.3 cm³/mol. The SMILES string of the molecule is N#Cc1cnccc1C1CCCSC1. The van der Waals surface area contributed by atoms with E-state index in [1.165, 1.54) is 24.2 Å². The second-order valence-corrected chi connectivity index (χ2v) is 4.64. The largest absolute Gasteiger partial charge is 0.263 e. The first-order valence-electron chi connectivity index (χ1n) is 4.83. The molecule has 72 valence electrons. The van der Waals surface area contributed by atoms with Crippen LogP contribution in [0.5, 0.6) is 0 Å². The molecule has 1 aromatic rings. The summed E-state index contributed by atoms with van der Waals surface area (Å²) in [5, 5.41) is 8.95. The van der Waals surface area contributed by atoms with Gasteiger partial charge in [0.1, 0.15) is 6.07 Å². The Labute approximate surface area is 88.4 Å². The summed E-state index contributed by atoms with van der Waals surface area (Å²) < 4.78 is 0. The Hall–Kier alpha value is -1.01. The van der Waals surface area contributed by atoms with E-state index in [1.54, 1.807) is 12.4 Å². The van der Waals surface area contributed by atoms with Crippen LogP contribution in [0.3, 0.4) is 0 Å². The van der Waals surface area contributed by atoms with Crippen LogP contribution in [-0.4, -0.2) is 16.5 Å². The summed E-state index contributed by atoms with van der Waals surface area (Å²) in [4.78, 5) is 3.98. The van der Waals surface area contributed by atoms with E-state index in [1.807, 2.05) is 17.8 Å². The third-order valence-electron chi connectivity index (χ3n) is 2.58. The van der Waals surface area contributed by atoms with E-state index >= 15 is 0 Å². The molecule has 0 aromatic carbocycles. The zero-order valence-electron chi connectivity index (χ0n) is 7.94. The molecular formula is C11H12N2S. The minimum absolute atomic E-state index is 0.561. The van der Waals surface area contributed by atoms with Gasteiger partial charge in [0.05, 0.1) is 5.56 Å². The van der Waals surface area contributed by atoms with Crippen LogP contribution in [0.15, 0.2) is 18.5 Å². The Morgan fingerprint density at radius 2 is 2.50 bits per heavy atom. The molecular weight excluding hydrogens is 192 g/mol. The molecule has 0 radical (unpaired) electrons. The summed E-state index contributed by atoms with van der Waals surface area (Å²) in [6, 6.07) is 4.22. The van der Waals surface area contributed by atoms with Crippen LogP contribution in [0.1, 0.15) is 29.9 Å². The molecule has 0 spiro atoms. The average molecular weight is 204 g/mol. The summed E-state index contributed by atoms with van der Waals surface area (Å²) in [5.74, 6) is 2.98. The lowest BCUT2D eigenvalue weighted by Gasteiger charge is -2.22. The summed E-state index contributed by atoms with van der Waals surface area (Å²) >= 11 is 1.99. The molecule has 0 saturated carbocycles. The Kier molecular flexibility index (Phi) is 3.05. The predicted octanol–water partition coefficient (Wildman–Crippen LogP) is 2.56. The quantitative estimate of drug-likeness (QED) is 0.705. The molecule has 2 heterocycles. The lowest BCUT2D eigenvalue weighted by Crippen LogP contribution is -2.10. The van der Waals surface area contributed by atoms with E-state index in [9.17, 15) is 0 Å². The molecule has 0 amide bonds. The van der Waals surface area contributed by atoms with Crippen molar-refractivity contribution in [3.8, 4) is 6.07 Å². The van der Waals surface area contributed by atoms with Crippen molar-refractivity contribution in [2.45, 2.75) is 18.8 Å². The fourth-order valence-corrected chi connectivity index (χ4v) is 3.01. The molecule has 3 heteroatoms. The number of pyridine rings is 1. The molecule has 14 heavy (non-hydrogen) atoms. The number of thioether (sulfide) groups is 1. The maximum atomic E-state index is 8.95. The Balaban J connectivity index is 2.26. The van der Waals surface area contributed by atoms with Crippen molar-refractivity contribution in [1.82, 2.24) is 4.98 Å². The minimum atomic E-state index is 0.561. The summed E-state index contributed by atoms with van der Waals surface area (Å²) in [7, 11) is 0. The first-order valence-corrected chi connectivity index (χ1v) is 5.99. The molecule has 1 atom stereocenters. The van der Waals surface area contributed by atoms with Gasteiger partial charge in [-0.05, 0) is 36.1 Å². The standard InChI is InChI=1S/C11H12N2S/c12-6-10-7-13-4-3-11(10)9-2-1-5-14-8-9/h3-4,7,9H,1-2,5,8H2. The molecule has 1 fully saturated rings. The van der Waals surface area contributed by atoms with Crippen molar-refractivity contribution < 1.29 is 0 Å². The zero-order chi connectivity index (χ0) is 9.80. The number of hydrogen-bond donors (Lipinski definition) is 0. The van der Waals surface area contributed by atoms with E-state index in [4.69, 9.17) is 5.26 Å². The van der Waals surface area contributed by atoms with E-state index < -0.39 is 0 Å². The Bertz CT molecular complexity index is 351. The molecule has 1 aliphatic heterocycles. The van der Waals surface area contributed by atoms with E-state index in [-0.39, 0.29) is 0 Å². The Morgan fingerprint density at radius 3 is 3.21 bits per heavy atom. The van der Waals surface area contributed by atoms with Crippen molar-refractivity contribution in [2.24, 2.45) is 0 Å². The highest BCUT2D eigenvalue weighted by molar-refractivity contribution is 7.99. The van der Waals surface area contributed by atoms with Gasteiger partial charge in [-0.1, -0.05) is 0 Å². The van der Waals surface area contributed by atoms with Gasteiger partial charge in [0.2, 0.25) is 0 Å². The van der Waals surface area contributed by atoms with Crippen LogP contribution in [0.25, 0.3) is 0 Å². The van der Waals surface area contributed by atoms with Crippen molar-refractivity contribution in [1.29, 1.82) is 5.26 Å². The lowest BCUT2D eigenvalue weighted by atomic mass is 9.93. The van der Waals surface area contributed by atoms with Crippen LogP contribution >= 0.6 is 11.8 Å². The maximum absolute atomic E-state index is 8.95. The number of aromatic nitrogens is 1. The highest BCUT2D eigenvalue weighted by Crippen LogP contribution is 2.32. The number of nitrogens with zero attached hydrogens (tertiary/aromatic N) is 2. The molecule has 1 unspecified atom stereocenters. The van der Waals surface area contributed by atoms with Crippen molar-refractivity contribution in [2.75, 3.05) is 11.5 Å². The highest BCUT2D eigenvalue weighted by Gasteiger charge is 2.18. The molecule has 0 N–H and O–H groups in total. The molecule has 0 bridgehead atoms. The maximum Gasteiger partial charge on any atom is 0.101 e. The molecule has 2 nitrogen and oxygen atoms in total. The van der Waals surface area contributed by atoms with Gasteiger partial charge in [-0.15, -0.1) is 0 Å². The van der Waals surface area contributed by atoms with E-state index in [2.05, 4.69) is 11.1 Å². The van der Waals surface area contributed by atoms with Gasteiger partial charge in [-0.2, -0.15) is 17.0 Å². The first kappa shape index (κ1) is 9.54. The van der Waals surface area contributed by atoms with Crippen LogP contribution < -0.4 is 0 Å². The van der Waals surface area contributed by atoms with E-state index in [0.29, 0.717) is 5.92 Å². The topological polar surface area (TPSA) is 36.7 Å². The molecule has 1 saturated heterocycles. The molecule has 0 aliphatic carbocycles. The van der Waals surface area contributed by atoms with Crippen LogP contribution in [0.4, 0.5) is 0 Å². The highest BCUT2D eigenvalue weighted by atomic mass is 32.2. The molecule has 1 aromatic heterocycles. The van der Waals surface area contributed by atoms with Gasteiger partial charge in [0.15, 0.2) is 0 Å². The summed E-state index contributed by atoms with van der Waals surface area (Å²) in [6.45, 7) is 0. The second kappa shape index (κ2) is 4.47. The monoisotopic (exact) mass is 204 g/mol. The van der Waals surface area contributed by atoms with Gasteiger partial charge < -0.3 is 0 Å². The summed E-state index contributed by atoms with van der Waals surface area (Å²) in [6.07, 6.45) is 5.94. The van der Waals surface area contributed by atoms with E-state index in [0.717, 1.165) is 11.3 Å². The fourth-order valence-electron chi connectivity index (χ4n) is 1.84. The van der Waals surface area contributed by atoms with Gasteiger partial charge >= 0.3 is 0 Å². The second-order valence-electron chi connectivity index (χ2n) is 3.49. The normalized spacial score (nSPS) is 21.5.